The van der Waals surface area contributed by atoms with Crippen LogP contribution in [0, 0.1) is 0 Å². The van der Waals surface area contributed by atoms with Crippen molar-refractivity contribution >= 4 is 10.0 Å². The van der Waals surface area contributed by atoms with Crippen LogP contribution in [0.2, 0.25) is 0 Å². The van der Waals surface area contributed by atoms with E-state index >= 15 is 0 Å². The zero-order chi connectivity index (χ0) is 9.47. The van der Waals surface area contributed by atoms with Crippen LogP contribution in [0.15, 0.2) is 18.3 Å². The van der Waals surface area contributed by atoms with Crippen LogP contribution in [0.25, 0.3) is 0 Å². The Balaban J connectivity index is 2.51. The lowest BCUT2D eigenvalue weighted by atomic mass is 10.2. The minimum Gasteiger partial charge on any atom is -0.260 e. The molecule has 0 bridgehead atoms. The fourth-order valence-corrected chi connectivity index (χ4v) is 2.67. The zero-order valence-corrected chi connectivity index (χ0v) is 7.79. The van der Waals surface area contributed by atoms with Gasteiger partial charge in [0.15, 0.2) is 0 Å². The van der Waals surface area contributed by atoms with Gasteiger partial charge >= 0.3 is 0 Å². The van der Waals surface area contributed by atoms with Crippen LogP contribution in [-0.2, 0) is 16.4 Å². The molecule has 1 aliphatic carbocycles. The van der Waals surface area contributed by atoms with Crippen molar-refractivity contribution in [2.45, 2.75) is 18.1 Å². The number of primary sulfonamides is 1. The first-order chi connectivity index (χ1) is 6.09. The smallest absolute Gasteiger partial charge is 0.217 e. The summed E-state index contributed by atoms with van der Waals surface area (Å²) in [6, 6.07) is 3.71. The number of rotatable bonds is 1. The molecule has 4 nitrogen and oxygen atoms in total. The predicted molar refractivity (Wildman–Crippen MR) is 48.4 cm³/mol. The molecule has 5 heteroatoms. The van der Waals surface area contributed by atoms with Gasteiger partial charge in [0, 0.05) is 6.20 Å². The van der Waals surface area contributed by atoms with Crippen molar-refractivity contribution in [2.24, 2.45) is 5.14 Å². The highest BCUT2D eigenvalue weighted by Crippen LogP contribution is 2.33. The Morgan fingerprint density at radius 3 is 3.00 bits per heavy atom. The SMILES string of the molecule is NS(=O)(=O)C1CCc2cccnc21. The quantitative estimate of drug-likeness (QED) is 0.708. The van der Waals surface area contributed by atoms with Gasteiger partial charge in [0.05, 0.1) is 5.69 Å². The van der Waals surface area contributed by atoms with Gasteiger partial charge in [-0.15, -0.1) is 0 Å². The maximum absolute atomic E-state index is 11.1. The van der Waals surface area contributed by atoms with Crippen LogP contribution >= 0.6 is 0 Å². The monoisotopic (exact) mass is 198 g/mol. The molecule has 0 saturated heterocycles. The van der Waals surface area contributed by atoms with E-state index < -0.39 is 15.3 Å². The van der Waals surface area contributed by atoms with Crippen molar-refractivity contribution in [3.05, 3.63) is 29.6 Å². The van der Waals surface area contributed by atoms with Gasteiger partial charge in [0.25, 0.3) is 0 Å². The number of hydrogen-bond acceptors (Lipinski definition) is 3. The van der Waals surface area contributed by atoms with E-state index in [1.54, 1.807) is 6.20 Å². The van der Waals surface area contributed by atoms with Crippen molar-refractivity contribution in [2.75, 3.05) is 0 Å². The Bertz CT molecular complexity index is 428. The number of fused-ring (bicyclic) bond motifs is 1. The molecule has 0 spiro atoms. The van der Waals surface area contributed by atoms with E-state index in [1.807, 2.05) is 12.1 Å². The second-order valence-corrected chi connectivity index (χ2v) is 4.91. The molecule has 0 fully saturated rings. The van der Waals surface area contributed by atoms with Crippen LogP contribution in [0.5, 0.6) is 0 Å². The average Bonchev–Trinajstić information content (AvgIpc) is 2.45. The summed E-state index contributed by atoms with van der Waals surface area (Å²) >= 11 is 0. The lowest BCUT2D eigenvalue weighted by molar-refractivity contribution is 0.581. The number of pyridine rings is 1. The van der Waals surface area contributed by atoms with E-state index in [-0.39, 0.29) is 0 Å². The maximum atomic E-state index is 11.1. The molecular formula is C8H10N2O2S. The second kappa shape index (κ2) is 2.78. The van der Waals surface area contributed by atoms with E-state index in [1.165, 1.54) is 0 Å². The molecule has 1 heterocycles. The largest absolute Gasteiger partial charge is 0.260 e. The molecule has 0 amide bonds. The minimum atomic E-state index is -3.48. The summed E-state index contributed by atoms with van der Waals surface area (Å²) in [6.07, 6.45) is 2.91. The first-order valence-corrected chi connectivity index (χ1v) is 5.65. The standard InChI is InChI=1S/C8H10N2O2S/c9-13(11,12)7-4-3-6-2-1-5-10-8(6)7/h1-2,5,7H,3-4H2,(H2,9,11,12). The van der Waals surface area contributed by atoms with Crippen molar-refractivity contribution in [1.82, 2.24) is 4.98 Å². The van der Waals surface area contributed by atoms with Gasteiger partial charge < -0.3 is 0 Å². The van der Waals surface area contributed by atoms with Gasteiger partial charge in [0.2, 0.25) is 10.0 Å². The van der Waals surface area contributed by atoms with Crippen molar-refractivity contribution in [1.29, 1.82) is 0 Å². The van der Waals surface area contributed by atoms with Crippen molar-refractivity contribution in [3.63, 3.8) is 0 Å². The van der Waals surface area contributed by atoms with E-state index in [9.17, 15) is 8.42 Å². The van der Waals surface area contributed by atoms with Gasteiger partial charge in [-0.1, -0.05) is 6.07 Å². The van der Waals surface area contributed by atoms with Gasteiger partial charge in [-0.3, -0.25) is 4.98 Å². The third kappa shape index (κ3) is 1.45. The highest BCUT2D eigenvalue weighted by molar-refractivity contribution is 7.89. The van der Waals surface area contributed by atoms with Crippen molar-refractivity contribution < 1.29 is 8.42 Å². The molecule has 70 valence electrons. The Kier molecular flexibility index (Phi) is 1.85. The van der Waals surface area contributed by atoms with Gasteiger partial charge in [-0.25, -0.2) is 13.6 Å². The lowest BCUT2D eigenvalue weighted by Gasteiger charge is -2.06. The van der Waals surface area contributed by atoms with Crippen LogP contribution < -0.4 is 5.14 Å². The van der Waals surface area contributed by atoms with Gasteiger partial charge in [-0.05, 0) is 24.5 Å². The summed E-state index contributed by atoms with van der Waals surface area (Å²) in [5, 5.41) is 4.49. The molecule has 0 aliphatic heterocycles. The highest BCUT2D eigenvalue weighted by Gasteiger charge is 2.31. The molecule has 1 atom stereocenters. The second-order valence-electron chi connectivity index (χ2n) is 3.16. The highest BCUT2D eigenvalue weighted by atomic mass is 32.2. The topological polar surface area (TPSA) is 73.1 Å². The summed E-state index contributed by atoms with van der Waals surface area (Å²) in [5.41, 5.74) is 1.63. The number of aryl methyl sites for hydroxylation is 1. The third-order valence-corrected chi connectivity index (χ3v) is 3.56. The van der Waals surface area contributed by atoms with Crippen molar-refractivity contribution in [3.8, 4) is 0 Å². The van der Waals surface area contributed by atoms with Gasteiger partial charge in [-0.2, -0.15) is 0 Å². The predicted octanol–water partition coefficient (Wildman–Crippen LogP) is 0.357. The first kappa shape index (κ1) is 8.65. The third-order valence-electron chi connectivity index (χ3n) is 2.30. The van der Waals surface area contributed by atoms with E-state index in [0.717, 1.165) is 12.0 Å². The van der Waals surface area contributed by atoms with Crippen LogP contribution in [0.3, 0.4) is 0 Å². The lowest BCUT2D eigenvalue weighted by Crippen LogP contribution is -2.20. The fraction of sp³-hybridized carbons (Fsp3) is 0.375. The van der Waals surface area contributed by atoms with E-state index in [2.05, 4.69) is 4.98 Å². The molecule has 0 radical (unpaired) electrons. The molecule has 1 unspecified atom stereocenters. The Morgan fingerprint density at radius 2 is 2.31 bits per heavy atom. The van der Waals surface area contributed by atoms with Crippen LogP contribution in [0.4, 0.5) is 0 Å². The molecule has 2 rings (SSSR count). The number of sulfonamides is 1. The molecule has 0 saturated carbocycles. The normalized spacial score (nSPS) is 21.5. The molecule has 2 N–H and O–H groups in total. The Labute approximate surface area is 76.8 Å². The number of hydrogen-bond donors (Lipinski definition) is 1. The Morgan fingerprint density at radius 1 is 1.54 bits per heavy atom. The maximum Gasteiger partial charge on any atom is 0.217 e. The molecular weight excluding hydrogens is 188 g/mol. The number of nitrogens with zero attached hydrogens (tertiary/aromatic N) is 1. The van der Waals surface area contributed by atoms with E-state index in [0.29, 0.717) is 12.1 Å². The summed E-state index contributed by atoms with van der Waals surface area (Å²) in [5.74, 6) is 0. The number of aromatic nitrogens is 1. The Hall–Kier alpha value is -0.940. The summed E-state index contributed by atoms with van der Waals surface area (Å²) < 4.78 is 22.3. The first-order valence-electron chi connectivity index (χ1n) is 4.04. The fourth-order valence-electron chi connectivity index (χ4n) is 1.70. The summed E-state index contributed by atoms with van der Waals surface area (Å²) in [4.78, 5) is 4.05. The number of nitrogens with two attached hydrogens (primary N) is 1. The molecule has 1 aromatic heterocycles. The molecule has 13 heavy (non-hydrogen) atoms. The molecule has 0 aromatic carbocycles. The average molecular weight is 198 g/mol. The molecule has 1 aliphatic rings. The zero-order valence-electron chi connectivity index (χ0n) is 6.97. The van der Waals surface area contributed by atoms with Crippen LogP contribution in [0.1, 0.15) is 22.9 Å². The van der Waals surface area contributed by atoms with E-state index in [4.69, 9.17) is 5.14 Å². The summed E-state index contributed by atoms with van der Waals surface area (Å²) in [7, 11) is -3.48. The van der Waals surface area contributed by atoms with Gasteiger partial charge in [0.1, 0.15) is 5.25 Å². The van der Waals surface area contributed by atoms with Crippen LogP contribution in [-0.4, -0.2) is 13.4 Å². The summed E-state index contributed by atoms with van der Waals surface area (Å²) in [6.45, 7) is 0. The molecule has 1 aromatic rings. The minimum absolute atomic E-state index is 0.561.